The van der Waals surface area contributed by atoms with E-state index in [1.165, 1.54) is 0 Å². The van der Waals surface area contributed by atoms with Gasteiger partial charge >= 0.3 is 0 Å². The van der Waals surface area contributed by atoms with E-state index in [0.717, 1.165) is 15.7 Å². The molecule has 1 amide bonds. The third-order valence-corrected chi connectivity index (χ3v) is 3.62. The lowest BCUT2D eigenvalue weighted by atomic mass is 10.1. The number of benzene rings is 1. The lowest BCUT2D eigenvalue weighted by Crippen LogP contribution is -2.14. The van der Waals surface area contributed by atoms with E-state index in [1.54, 1.807) is 12.1 Å². The molecule has 0 saturated carbocycles. The highest BCUT2D eigenvalue weighted by molar-refractivity contribution is 9.10. The lowest BCUT2D eigenvalue weighted by molar-refractivity contribution is 0.102. The maximum absolute atomic E-state index is 12.1. The third-order valence-electron chi connectivity index (χ3n) is 2.57. The highest BCUT2D eigenvalue weighted by Crippen LogP contribution is 2.21. The van der Waals surface area contributed by atoms with E-state index >= 15 is 0 Å². The maximum atomic E-state index is 12.1. The number of nitrogens with zero attached hydrogens (tertiary/aromatic N) is 1. The maximum Gasteiger partial charge on any atom is 0.257 e. The Kier molecular flexibility index (Phi) is 3.77. The van der Waals surface area contributed by atoms with Crippen LogP contribution in [-0.4, -0.2) is 10.9 Å². The van der Waals surface area contributed by atoms with Gasteiger partial charge in [0.1, 0.15) is 5.82 Å². The number of hydrogen-bond donors (Lipinski definition) is 1. The van der Waals surface area contributed by atoms with Crippen LogP contribution in [0.5, 0.6) is 0 Å². The number of rotatable bonds is 2. The molecule has 2 rings (SSSR count). The summed E-state index contributed by atoms with van der Waals surface area (Å²) in [6.07, 6.45) is 0. The summed E-state index contributed by atoms with van der Waals surface area (Å²) in [6, 6.07) is 11.1. The minimum atomic E-state index is -0.163. The second-order valence-electron chi connectivity index (χ2n) is 4.05. The van der Waals surface area contributed by atoms with E-state index in [2.05, 4.69) is 26.2 Å². The summed E-state index contributed by atoms with van der Waals surface area (Å²) >= 11 is 3.43. The SMILES string of the molecule is Cc1cccc(NC(=O)c2cccc(C)c2Br)n1. The number of pyridine rings is 1. The largest absolute Gasteiger partial charge is 0.307 e. The summed E-state index contributed by atoms with van der Waals surface area (Å²) in [5, 5.41) is 2.79. The van der Waals surface area contributed by atoms with Crippen molar-refractivity contribution in [1.82, 2.24) is 4.98 Å². The molecule has 92 valence electrons. The Morgan fingerprint density at radius 1 is 1.17 bits per heavy atom. The predicted molar refractivity (Wildman–Crippen MR) is 75.8 cm³/mol. The standard InChI is InChI=1S/C14H13BrN2O/c1-9-5-3-7-11(13(9)15)14(18)17-12-8-4-6-10(2)16-12/h3-8H,1-2H3,(H,16,17,18). The quantitative estimate of drug-likeness (QED) is 0.919. The third kappa shape index (κ3) is 2.76. The number of carbonyl (C=O) groups excluding carboxylic acids is 1. The molecule has 1 heterocycles. The first kappa shape index (κ1) is 12.8. The second kappa shape index (κ2) is 5.31. The Bertz CT molecular complexity index is 596. The van der Waals surface area contributed by atoms with Crippen LogP contribution in [0.25, 0.3) is 0 Å². The van der Waals surface area contributed by atoms with Gasteiger partial charge in [0.15, 0.2) is 0 Å². The Labute approximate surface area is 114 Å². The zero-order valence-corrected chi connectivity index (χ0v) is 11.8. The molecule has 2 aromatic rings. The smallest absolute Gasteiger partial charge is 0.257 e. The number of halogens is 1. The summed E-state index contributed by atoms with van der Waals surface area (Å²) in [7, 11) is 0. The van der Waals surface area contributed by atoms with Crippen LogP contribution in [0.15, 0.2) is 40.9 Å². The van der Waals surface area contributed by atoms with Gasteiger partial charge in [-0.1, -0.05) is 18.2 Å². The monoisotopic (exact) mass is 304 g/mol. The van der Waals surface area contributed by atoms with Crippen LogP contribution in [0.4, 0.5) is 5.82 Å². The second-order valence-corrected chi connectivity index (χ2v) is 4.85. The minimum Gasteiger partial charge on any atom is -0.307 e. The van der Waals surface area contributed by atoms with Gasteiger partial charge in [-0.15, -0.1) is 0 Å². The Hall–Kier alpha value is -1.68. The molecule has 0 saturated heterocycles. The van der Waals surface area contributed by atoms with Gasteiger partial charge < -0.3 is 5.32 Å². The molecular formula is C14H13BrN2O. The highest BCUT2D eigenvalue weighted by Gasteiger charge is 2.11. The fourth-order valence-corrected chi connectivity index (χ4v) is 2.06. The molecule has 0 aliphatic carbocycles. The van der Waals surface area contributed by atoms with Gasteiger partial charge in [0.05, 0.1) is 5.56 Å². The van der Waals surface area contributed by atoms with E-state index in [0.29, 0.717) is 11.4 Å². The average molecular weight is 305 g/mol. The summed E-state index contributed by atoms with van der Waals surface area (Å²) in [5.74, 6) is 0.400. The van der Waals surface area contributed by atoms with Crippen LogP contribution >= 0.6 is 15.9 Å². The molecule has 0 bridgehead atoms. The predicted octanol–water partition coefficient (Wildman–Crippen LogP) is 3.71. The van der Waals surface area contributed by atoms with Crippen LogP contribution in [0.2, 0.25) is 0 Å². The molecule has 1 aromatic heterocycles. The zero-order valence-electron chi connectivity index (χ0n) is 10.2. The topological polar surface area (TPSA) is 42.0 Å². The molecule has 1 aromatic carbocycles. The van der Waals surface area contributed by atoms with Crippen LogP contribution in [0.1, 0.15) is 21.6 Å². The summed E-state index contributed by atoms with van der Waals surface area (Å²) in [4.78, 5) is 16.4. The van der Waals surface area contributed by atoms with Gasteiger partial charge in [-0.3, -0.25) is 4.79 Å². The van der Waals surface area contributed by atoms with Crippen molar-refractivity contribution in [1.29, 1.82) is 0 Å². The number of amides is 1. The van der Waals surface area contributed by atoms with Gasteiger partial charge in [0.25, 0.3) is 5.91 Å². The molecule has 3 nitrogen and oxygen atoms in total. The highest BCUT2D eigenvalue weighted by atomic mass is 79.9. The molecule has 4 heteroatoms. The number of carbonyl (C=O) groups is 1. The molecule has 0 unspecified atom stereocenters. The fourth-order valence-electron chi connectivity index (χ4n) is 1.62. The summed E-state index contributed by atoms with van der Waals surface area (Å²) in [6.45, 7) is 3.84. The van der Waals surface area contributed by atoms with E-state index in [1.807, 2.05) is 38.1 Å². The minimum absolute atomic E-state index is 0.163. The Balaban J connectivity index is 2.25. The van der Waals surface area contributed by atoms with Crippen molar-refractivity contribution in [3.8, 4) is 0 Å². The molecular weight excluding hydrogens is 292 g/mol. The van der Waals surface area contributed by atoms with Crippen molar-refractivity contribution in [2.45, 2.75) is 13.8 Å². The molecule has 0 radical (unpaired) electrons. The fraction of sp³-hybridized carbons (Fsp3) is 0.143. The molecule has 0 fully saturated rings. The van der Waals surface area contributed by atoms with Crippen molar-refractivity contribution in [3.63, 3.8) is 0 Å². The molecule has 0 spiro atoms. The summed E-state index contributed by atoms with van der Waals surface area (Å²) in [5.41, 5.74) is 2.51. The van der Waals surface area contributed by atoms with Crippen LogP contribution in [-0.2, 0) is 0 Å². The lowest BCUT2D eigenvalue weighted by Gasteiger charge is -2.08. The molecule has 18 heavy (non-hydrogen) atoms. The van der Waals surface area contributed by atoms with Gasteiger partial charge in [-0.05, 0) is 53.5 Å². The Morgan fingerprint density at radius 2 is 1.89 bits per heavy atom. The van der Waals surface area contributed by atoms with E-state index in [-0.39, 0.29) is 5.91 Å². The summed E-state index contributed by atoms with van der Waals surface area (Å²) < 4.78 is 0.815. The van der Waals surface area contributed by atoms with E-state index in [9.17, 15) is 4.79 Å². The van der Waals surface area contributed by atoms with Crippen LogP contribution in [0.3, 0.4) is 0 Å². The first-order chi connectivity index (χ1) is 8.58. The van der Waals surface area contributed by atoms with Gasteiger partial charge in [-0.2, -0.15) is 0 Å². The van der Waals surface area contributed by atoms with Crippen LogP contribution in [0, 0.1) is 13.8 Å². The van der Waals surface area contributed by atoms with Crippen molar-refractivity contribution < 1.29 is 4.79 Å². The molecule has 0 aliphatic rings. The normalized spacial score (nSPS) is 10.2. The van der Waals surface area contributed by atoms with Gasteiger partial charge in [0, 0.05) is 10.2 Å². The molecule has 0 atom stereocenters. The number of hydrogen-bond acceptors (Lipinski definition) is 2. The number of aromatic nitrogens is 1. The van der Waals surface area contributed by atoms with Crippen LogP contribution < -0.4 is 5.32 Å². The Morgan fingerprint density at radius 3 is 2.61 bits per heavy atom. The zero-order chi connectivity index (χ0) is 13.1. The van der Waals surface area contributed by atoms with Crippen molar-refractivity contribution in [3.05, 3.63) is 57.7 Å². The molecule has 0 aliphatic heterocycles. The first-order valence-electron chi connectivity index (χ1n) is 5.58. The van der Waals surface area contributed by atoms with Crippen molar-refractivity contribution in [2.24, 2.45) is 0 Å². The number of aryl methyl sites for hydroxylation is 2. The van der Waals surface area contributed by atoms with Crippen molar-refractivity contribution >= 4 is 27.7 Å². The van der Waals surface area contributed by atoms with Gasteiger partial charge in [-0.25, -0.2) is 4.98 Å². The number of anilines is 1. The number of nitrogens with one attached hydrogen (secondary N) is 1. The van der Waals surface area contributed by atoms with E-state index in [4.69, 9.17) is 0 Å². The molecule has 1 N–H and O–H groups in total. The van der Waals surface area contributed by atoms with E-state index < -0.39 is 0 Å². The average Bonchev–Trinajstić information content (AvgIpc) is 2.32. The van der Waals surface area contributed by atoms with Crippen molar-refractivity contribution in [2.75, 3.05) is 5.32 Å². The first-order valence-corrected chi connectivity index (χ1v) is 6.37. The van der Waals surface area contributed by atoms with Gasteiger partial charge in [0.2, 0.25) is 0 Å².